The summed E-state index contributed by atoms with van der Waals surface area (Å²) in [6, 6.07) is 9.50. The Kier molecular flexibility index (Phi) is 3.93. The van der Waals surface area contributed by atoms with Crippen molar-refractivity contribution >= 4 is 0 Å². The van der Waals surface area contributed by atoms with Gasteiger partial charge >= 0.3 is 0 Å². The number of nitrogens with one attached hydrogen (secondary N) is 2. The van der Waals surface area contributed by atoms with E-state index in [2.05, 4.69) is 39.8 Å². The van der Waals surface area contributed by atoms with Crippen molar-refractivity contribution in [3.63, 3.8) is 0 Å². The summed E-state index contributed by atoms with van der Waals surface area (Å²) < 4.78 is 0. The van der Waals surface area contributed by atoms with Crippen molar-refractivity contribution in [3.05, 3.63) is 35.4 Å². The van der Waals surface area contributed by atoms with Crippen LogP contribution in [0.3, 0.4) is 0 Å². The summed E-state index contributed by atoms with van der Waals surface area (Å²) >= 11 is 0. The lowest BCUT2D eigenvalue weighted by atomic mass is 9.94. The van der Waals surface area contributed by atoms with Gasteiger partial charge < -0.3 is 15.5 Å². The molecule has 18 heavy (non-hydrogen) atoms. The Labute approximate surface area is 110 Å². The van der Waals surface area contributed by atoms with E-state index in [4.69, 9.17) is 0 Å². The van der Waals surface area contributed by atoms with E-state index in [9.17, 15) is 0 Å². The van der Waals surface area contributed by atoms with Crippen LogP contribution in [0.1, 0.15) is 17.5 Å². The third-order valence-corrected chi connectivity index (χ3v) is 4.17. The maximum absolute atomic E-state index is 3.67. The molecule has 1 aromatic rings. The zero-order valence-corrected chi connectivity index (χ0v) is 11.0. The highest BCUT2D eigenvalue weighted by atomic mass is 15.2. The summed E-state index contributed by atoms with van der Waals surface area (Å²) in [4.78, 5) is 2.58. The van der Waals surface area contributed by atoms with Crippen molar-refractivity contribution in [2.75, 3.05) is 32.7 Å². The maximum Gasteiger partial charge on any atom is 0.0210 e. The lowest BCUT2D eigenvalue weighted by molar-refractivity contribution is 0.226. The van der Waals surface area contributed by atoms with Gasteiger partial charge in [-0.15, -0.1) is 0 Å². The number of hydrogen-bond donors (Lipinski definition) is 2. The van der Waals surface area contributed by atoms with Gasteiger partial charge in [-0.1, -0.05) is 24.3 Å². The van der Waals surface area contributed by atoms with Crippen LogP contribution in [0.5, 0.6) is 0 Å². The first-order chi connectivity index (χ1) is 8.92. The van der Waals surface area contributed by atoms with Crippen molar-refractivity contribution in [2.45, 2.75) is 25.4 Å². The number of nitrogens with zero attached hydrogens (tertiary/aromatic N) is 1. The Hall–Kier alpha value is -0.900. The Morgan fingerprint density at radius 2 is 1.89 bits per heavy atom. The van der Waals surface area contributed by atoms with Crippen molar-refractivity contribution in [3.8, 4) is 0 Å². The van der Waals surface area contributed by atoms with Gasteiger partial charge in [0.1, 0.15) is 0 Å². The van der Waals surface area contributed by atoms with Crippen LogP contribution < -0.4 is 10.6 Å². The predicted octanol–water partition coefficient (Wildman–Crippen LogP) is 0.996. The second-order valence-corrected chi connectivity index (χ2v) is 5.43. The summed E-state index contributed by atoms with van der Waals surface area (Å²) in [7, 11) is 0. The molecule has 2 N–H and O–H groups in total. The van der Waals surface area contributed by atoms with E-state index < -0.39 is 0 Å². The summed E-state index contributed by atoms with van der Waals surface area (Å²) in [5.41, 5.74) is 3.03. The van der Waals surface area contributed by atoms with Crippen LogP contribution in [0.4, 0.5) is 0 Å². The fraction of sp³-hybridized carbons (Fsp3) is 0.600. The van der Waals surface area contributed by atoms with Crippen LogP contribution in [0.2, 0.25) is 0 Å². The third kappa shape index (κ3) is 2.91. The predicted molar refractivity (Wildman–Crippen MR) is 74.7 cm³/mol. The molecule has 1 atom stereocenters. The minimum Gasteiger partial charge on any atom is -0.314 e. The van der Waals surface area contributed by atoms with Crippen molar-refractivity contribution in [2.24, 2.45) is 0 Å². The van der Waals surface area contributed by atoms with Gasteiger partial charge in [0.25, 0.3) is 0 Å². The highest BCUT2D eigenvalue weighted by Gasteiger charge is 2.18. The summed E-state index contributed by atoms with van der Waals surface area (Å²) in [5.74, 6) is 0. The molecule has 0 amide bonds. The molecule has 0 spiro atoms. The number of rotatable bonds is 3. The molecule has 0 saturated carbocycles. The van der Waals surface area contributed by atoms with E-state index in [-0.39, 0.29) is 0 Å². The number of fused-ring (bicyclic) bond motifs is 1. The highest BCUT2D eigenvalue weighted by molar-refractivity contribution is 5.29. The maximum atomic E-state index is 3.67. The van der Waals surface area contributed by atoms with Gasteiger partial charge in [0, 0.05) is 38.8 Å². The molecule has 1 aromatic carbocycles. The van der Waals surface area contributed by atoms with Gasteiger partial charge in [-0.05, 0) is 30.5 Å². The number of hydrogen-bond acceptors (Lipinski definition) is 3. The first-order valence-electron chi connectivity index (χ1n) is 7.15. The van der Waals surface area contributed by atoms with Crippen LogP contribution in [0.25, 0.3) is 0 Å². The largest absolute Gasteiger partial charge is 0.314 e. The van der Waals surface area contributed by atoms with E-state index in [1.807, 2.05) is 0 Å². The molecule has 2 aliphatic rings. The molecule has 3 heteroatoms. The average Bonchev–Trinajstić information content (AvgIpc) is 2.46. The average molecular weight is 245 g/mol. The van der Waals surface area contributed by atoms with Crippen molar-refractivity contribution in [1.29, 1.82) is 0 Å². The monoisotopic (exact) mass is 245 g/mol. The van der Waals surface area contributed by atoms with E-state index >= 15 is 0 Å². The zero-order valence-electron chi connectivity index (χ0n) is 11.0. The SMILES string of the molecule is c1ccc2c(c1)CNC(CCN1CCNCC1)C2. The smallest absolute Gasteiger partial charge is 0.0210 e. The summed E-state index contributed by atoms with van der Waals surface area (Å²) in [6.45, 7) is 7.01. The molecule has 2 heterocycles. The van der Waals surface area contributed by atoms with E-state index in [0.717, 1.165) is 19.6 Å². The molecule has 1 saturated heterocycles. The van der Waals surface area contributed by atoms with Gasteiger partial charge in [-0.3, -0.25) is 0 Å². The second-order valence-electron chi connectivity index (χ2n) is 5.43. The molecule has 3 rings (SSSR count). The molecule has 2 aliphatic heterocycles. The molecule has 3 nitrogen and oxygen atoms in total. The van der Waals surface area contributed by atoms with Crippen molar-refractivity contribution < 1.29 is 0 Å². The first-order valence-corrected chi connectivity index (χ1v) is 7.15. The fourth-order valence-electron chi connectivity index (χ4n) is 3.00. The van der Waals surface area contributed by atoms with Crippen LogP contribution in [0, 0.1) is 0 Å². The Bertz CT molecular complexity index is 385. The molecule has 0 bridgehead atoms. The summed E-state index contributed by atoms with van der Waals surface area (Å²) in [6.07, 6.45) is 2.47. The van der Waals surface area contributed by atoms with E-state index in [0.29, 0.717) is 6.04 Å². The molecular weight excluding hydrogens is 222 g/mol. The van der Waals surface area contributed by atoms with E-state index in [1.54, 1.807) is 5.56 Å². The minimum atomic E-state index is 0.662. The van der Waals surface area contributed by atoms with Gasteiger partial charge in [0.05, 0.1) is 0 Å². The van der Waals surface area contributed by atoms with Gasteiger partial charge in [-0.2, -0.15) is 0 Å². The van der Waals surface area contributed by atoms with Gasteiger partial charge in [-0.25, -0.2) is 0 Å². The Morgan fingerprint density at radius 1 is 1.11 bits per heavy atom. The molecular formula is C15H23N3. The van der Waals surface area contributed by atoms with Crippen LogP contribution >= 0.6 is 0 Å². The summed E-state index contributed by atoms with van der Waals surface area (Å²) in [5, 5.41) is 7.08. The molecule has 0 aliphatic carbocycles. The van der Waals surface area contributed by atoms with E-state index in [1.165, 1.54) is 38.0 Å². The standard InChI is InChI=1S/C15H23N3/c1-2-4-14-12-17-15(11-13(14)3-1)5-8-18-9-6-16-7-10-18/h1-4,15-17H,5-12H2. The third-order valence-electron chi connectivity index (χ3n) is 4.17. The molecule has 98 valence electrons. The fourth-order valence-corrected chi connectivity index (χ4v) is 3.00. The van der Waals surface area contributed by atoms with Crippen LogP contribution in [0.15, 0.2) is 24.3 Å². The molecule has 0 radical (unpaired) electrons. The first kappa shape index (κ1) is 12.2. The van der Waals surface area contributed by atoms with Crippen LogP contribution in [-0.4, -0.2) is 43.7 Å². The second kappa shape index (κ2) is 5.83. The molecule has 1 unspecified atom stereocenters. The zero-order chi connectivity index (χ0) is 12.2. The normalized spacial score (nSPS) is 24.8. The Balaban J connectivity index is 1.50. The lowest BCUT2D eigenvalue weighted by Crippen LogP contribution is -2.45. The lowest BCUT2D eigenvalue weighted by Gasteiger charge is -2.31. The number of benzene rings is 1. The molecule has 1 fully saturated rings. The Morgan fingerprint density at radius 3 is 2.72 bits per heavy atom. The minimum absolute atomic E-state index is 0.662. The van der Waals surface area contributed by atoms with Crippen molar-refractivity contribution in [1.82, 2.24) is 15.5 Å². The molecule has 0 aromatic heterocycles. The quantitative estimate of drug-likeness (QED) is 0.832. The highest BCUT2D eigenvalue weighted by Crippen LogP contribution is 2.17. The van der Waals surface area contributed by atoms with Gasteiger partial charge in [0.15, 0.2) is 0 Å². The number of piperazine rings is 1. The van der Waals surface area contributed by atoms with Gasteiger partial charge in [0.2, 0.25) is 0 Å². The topological polar surface area (TPSA) is 27.3 Å². The van der Waals surface area contributed by atoms with Crippen LogP contribution in [-0.2, 0) is 13.0 Å².